The van der Waals surface area contributed by atoms with Crippen LogP contribution in [-0.4, -0.2) is 20.4 Å². The summed E-state index contributed by atoms with van der Waals surface area (Å²) in [5.74, 6) is -4.23. The van der Waals surface area contributed by atoms with Gasteiger partial charge in [0.05, 0.1) is 0 Å². The number of primary amides is 1. The maximum Gasteiger partial charge on any atom is 0.258 e. The van der Waals surface area contributed by atoms with Crippen molar-refractivity contribution in [3.05, 3.63) is 23.8 Å². The van der Waals surface area contributed by atoms with Gasteiger partial charge in [0, 0.05) is 6.07 Å². The second-order valence-corrected chi connectivity index (χ2v) is 4.95. The maximum atomic E-state index is 13.4. The number of hydrogen-bond donors (Lipinski definition) is 2. The van der Waals surface area contributed by atoms with Gasteiger partial charge < -0.3 is 10.5 Å². The molecule has 1 atom stereocenters. The van der Waals surface area contributed by atoms with E-state index in [0.29, 0.717) is 12.1 Å². The van der Waals surface area contributed by atoms with E-state index in [2.05, 4.69) is 0 Å². The lowest BCUT2D eigenvalue weighted by atomic mass is 10.3. The second-order valence-electron chi connectivity index (χ2n) is 3.42. The Morgan fingerprint density at radius 3 is 2.39 bits per heavy atom. The summed E-state index contributed by atoms with van der Waals surface area (Å²) < 4.78 is 53.4. The highest BCUT2D eigenvalue weighted by Crippen LogP contribution is 2.28. The number of rotatable bonds is 4. The predicted molar refractivity (Wildman–Crippen MR) is 57.0 cm³/mol. The van der Waals surface area contributed by atoms with Crippen molar-refractivity contribution >= 4 is 15.9 Å². The molecule has 4 N–H and O–H groups in total. The van der Waals surface area contributed by atoms with E-state index in [-0.39, 0.29) is 0 Å². The maximum absolute atomic E-state index is 13.4. The van der Waals surface area contributed by atoms with Gasteiger partial charge in [0.15, 0.2) is 17.7 Å². The molecular formula is C9H10F2N2O4S. The molecule has 0 fully saturated rings. The monoisotopic (exact) mass is 280 g/mol. The van der Waals surface area contributed by atoms with E-state index in [1.165, 1.54) is 6.92 Å². The van der Waals surface area contributed by atoms with Gasteiger partial charge in [0.25, 0.3) is 5.91 Å². The molecule has 1 rings (SSSR count). The highest BCUT2D eigenvalue weighted by atomic mass is 32.2. The van der Waals surface area contributed by atoms with Gasteiger partial charge in [0.2, 0.25) is 10.0 Å². The molecular weight excluding hydrogens is 270 g/mol. The van der Waals surface area contributed by atoms with Crippen molar-refractivity contribution in [2.75, 3.05) is 0 Å². The minimum Gasteiger partial charge on any atom is -0.476 e. The molecule has 1 aromatic carbocycles. The third-order valence-corrected chi connectivity index (χ3v) is 2.89. The SMILES string of the molecule is CC(Oc1c(F)cc(F)cc1S(N)(=O)=O)C(N)=O. The highest BCUT2D eigenvalue weighted by Gasteiger charge is 2.24. The normalized spacial score (nSPS) is 13.1. The predicted octanol–water partition coefficient (Wildman–Crippen LogP) is -0.135. The third kappa shape index (κ3) is 3.14. The fourth-order valence-corrected chi connectivity index (χ4v) is 1.78. The van der Waals surface area contributed by atoms with Crippen LogP contribution in [0.5, 0.6) is 5.75 Å². The summed E-state index contributed by atoms with van der Waals surface area (Å²) in [5.41, 5.74) is 4.88. The standard InChI is InChI=1S/C9H10F2N2O4S/c1-4(9(12)14)17-8-6(11)2-5(10)3-7(8)18(13,15)16/h2-4H,1H3,(H2,12,14)(H2,13,15,16). The summed E-state index contributed by atoms with van der Waals surface area (Å²) in [7, 11) is -4.41. The number of carbonyl (C=O) groups excluding carboxylic acids is 1. The van der Waals surface area contributed by atoms with Crippen LogP contribution < -0.4 is 15.6 Å². The van der Waals surface area contributed by atoms with Crippen molar-refractivity contribution in [3.8, 4) is 5.75 Å². The Labute approximate surface area is 102 Å². The summed E-state index contributed by atoms with van der Waals surface area (Å²) in [6, 6.07) is 0.888. The lowest BCUT2D eigenvalue weighted by molar-refractivity contribution is -0.124. The average molecular weight is 280 g/mol. The number of benzene rings is 1. The van der Waals surface area contributed by atoms with Crippen LogP contribution >= 0.6 is 0 Å². The summed E-state index contributed by atoms with van der Waals surface area (Å²) >= 11 is 0. The van der Waals surface area contributed by atoms with Crippen molar-refractivity contribution in [3.63, 3.8) is 0 Å². The van der Waals surface area contributed by atoms with Crippen molar-refractivity contribution in [2.45, 2.75) is 17.9 Å². The molecule has 1 aromatic rings. The topological polar surface area (TPSA) is 112 Å². The zero-order valence-corrected chi connectivity index (χ0v) is 10.0. The van der Waals surface area contributed by atoms with Crippen molar-refractivity contribution < 1.29 is 26.7 Å². The van der Waals surface area contributed by atoms with Gasteiger partial charge >= 0.3 is 0 Å². The van der Waals surface area contributed by atoms with E-state index < -0.39 is 44.3 Å². The number of sulfonamides is 1. The van der Waals surface area contributed by atoms with Crippen LogP contribution in [0.4, 0.5) is 8.78 Å². The third-order valence-electron chi connectivity index (χ3n) is 1.98. The van der Waals surface area contributed by atoms with Gasteiger partial charge in [-0.2, -0.15) is 0 Å². The van der Waals surface area contributed by atoms with Gasteiger partial charge in [-0.1, -0.05) is 0 Å². The molecule has 100 valence electrons. The van der Waals surface area contributed by atoms with E-state index in [4.69, 9.17) is 15.6 Å². The largest absolute Gasteiger partial charge is 0.476 e. The number of halogens is 2. The first-order valence-electron chi connectivity index (χ1n) is 4.60. The van der Waals surface area contributed by atoms with Crippen LogP contribution in [0, 0.1) is 11.6 Å². The van der Waals surface area contributed by atoms with Crippen LogP contribution in [0.25, 0.3) is 0 Å². The lowest BCUT2D eigenvalue weighted by Gasteiger charge is -2.14. The molecule has 9 heteroatoms. The molecule has 1 amide bonds. The zero-order chi connectivity index (χ0) is 14.1. The number of nitrogens with two attached hydrogens (primary N) is 2. The minimum atomic E-state index is -4.41. The van der Waals surface area contributed by atoms with Crippen LogP contribution in [0.2, 0.25) is 0 Å². The number of primary sulfonamides is 1. The Balaban J connectivity index is 3.38. The van der Waals surface area contributed by atoms with Gasteiger partial charge in [-0.25, -0.2) is 22.3 Å². The Morgan fingerprint density at radius 2 is 1.94 bits per heavy atom. The molecule has 0 bridgehead atoms. The second kappa shape index (κ2) is 4.86. The fourth-order valence-electron chi connectivity index (χ4n) is 1.10. The molecule has 0 heterocycles. The molecule has 0 aliphatic heterocycles. The molecule has 0 spiro atoms. The fraction of sp³-hybridized carbons (Fsp3) is 0.222. The number of ether oxygens (including phenoxy) is 1. The first-order chi connectivity index (χ1) is 8.12. The molecule has 0 saturated heterocycles. The van der Waals surface area contributed by atoms with Crippen molar-refractivity contribution in [2.24, 2.45) is 10.9 Å². The van der Waals surface area contributed by atoms with Crippen LogP contribution in [0.3, 0.4) is 0 Å². The van der Waals surface area contributed by atoms with E-state index in [0.717, 1.165) is 0 Å². The number of amides is 1. The first-order valence-corrected chi connectivity index (χ1v) is 6.15. The Morgan fingerprint density at radius 1 is 1.39 bits per heavy atom. The summed E-state index contributed by atoms with van der Waals surface area (Å²) in [6.45, 7) is 1.18. The molecule has 0 saturated carbocycles. The average Bonchev–Trinajstić information content (AvgIpc) is 2.19. The molecule has 18 heavy (non-hydrogen) atoms. The first kappa shape index (κ1) is 14.3. The number of carbonyl (C=O) groups is 1. The van der Waals surface area contributed by atoms with Gasteiger partial charge in [0.1, 0.15) is 10.7 Å². The van der Waals surface area contributed by atoms with Crippen LogP contribution in [0.15, 0.2) is 17.0 Å². The van der Waals surface area contributed by atoms with Crippen LogP contribution in [0.1, 0.15) is 6.92 Å². The Kier molecular flexibility index (Phi) is 3.87. The quantitative estimate of drug-likeness (QED) is 0.799. The van der Waals surface area contributed by atoms with Gasteiger partial charge in [-0.15, -0.1) is 0 Å². The molecule has 6 nitrogen and oxygen atoms in total. The molecule has 0 radical (unpaired) electrons. The molecule has 0 aliphatic carbocycles. The van der Waals surface area contributed by atoms with E-state index in [1.54, 1.807) is 0 Å². The highest BCUT2D eigenvalue weighted by molar-refractivity contribution is 7.89. The van der Waals surface area contributed by atoms with Gasteiger partial charge in [-0.3, -0.25) is 4.79 Å². The Bertz CT molecular complexity index is 588. The number of hydrogen-bond acceptors (Lipinski definition) is 4. The summed E-state index contributed by atoms with van der Waals surface area (Å²) in [6.07, 6.45) is -1.30. The van der Waals surface area contributed by atoms with E-state index in [1.807, 2.05) is 0 Å². The summed E-state index contributed by atoms with van der Waals surface area (Å²) in [5, 5.41) is 4.79. The van der Waals surface area contributed by atoms with E-state index >= 15 is 0 Å². The zero-order valence-electron chi connectivity index (χ0n) is 9.18. The van der Waals surface area contributed by atoms with Gasteiger partial charge in [-0.05, 0) is 13.0 Å². The molecule has 1 unspecified atom stereocenters. The van der Waals surface area contributed by atoms with E-state index in [9.17, 15) is 22.0 Å². The summed E-state index contributed by atoms with van der Waals surface area (Å²) in [4.78, 5) is 9.87. The molecule has 0 aromatic heterocycles. The Hall–Kier alpha value is -1.74. The smallest absolute Gasteiger partial charge is 0.258 e. The van der Waals surface area contributed by atoms with Crippen molar-refractivity contribution in [1.82, 2.24) is 0 Å². The lowest BCUT2D eigenvalue weighted by Crippen LogP contribution is -2.31. The van der Waals surface area contributed by atoms with Crippen LogP contribution in [-0.2, 0) is 14.8 Å². The van der Waals surface area contributed by atoms with Crippen molar-refractivity contribution in [1.29, 1.82) is 0 Å². The molecule has 0 aliphatic rings. The minimum absolute atomic E-state index is 0.401.